The highest BCUT2D eigenvalue weighted by Crippen LogP contribution is 2.30. The van der Waals surface area contributed by atoms with Crippen LogP contribution in [0.1, 0.15) is 44.1 Å². The van der Waals surface area contributed by atoms with Gasteiger partial charge in [-0.2, -0.15) is 0 Å². The Morgan fingerprint density at radius 3 is 2.48 bits per heavy atom. The lowest BCUT2D eigenvalue weighted by molar-refractivity contribution is -0.122. The second kappa shape index (κ2) is 7.55. The predicted molar refractivity (Wildman–Crippen MR) is 82.6 cm³/mol. The lowest BCUT2D eigenvalue weighted by Gasteiger charge is -2.36. The van der Waals surface area contributed by atoms with E-state index in [-0.39, 0.29) is 17.3 Å². The molecule has 116 valence electrons. The molecule has 4 heteroatoms. The second-order valence-electron chi connectivity index (χ2n) is 5.99. The van der Waals surface area contributed by atoms with E-state index in [0.717, 1.165) is 24.8 Å². The standard InChI is InChI=1S/C17H25FN2O/c1-19-17(10-3-2-4-11-17)13-16(21)20-12-9-14-5-7-15(18)8-6-14/h5-8,19H,2-4,9-13H2,1H3,(H,20,21). The van der Waals surface area contributed by atoms with Gasteiger partial charge < -0.3 is 10.6 Å². The fraction of sp³-hybridized carbons (Fsp3) is 0.588. The Morgan fingerprint density at radius 1 is 1.19 bits per heavy atom. The molecule has 2 rings (SSSR count). The third-order valence-electron chi connectivity index (χ3n) is 4.49. The van der Waals surface area contributed by atoms with E-state index < -0.39 is 0 Å². The summed E-state index contributed by atoms with van der Waals surface area (Å²) in [6.07, 6.45) is 7.11. The maximum atomic E-state index is 12.8. The zero-order chi connectivity index (χ0) is 15.1. The van der Waals surface area contributed by atoms with Gasteiger partial charge in [-0.3, -0.25) is 4.79 Å². The molecule has 1 aromatic rings. The fourth-order valence-electron chi connectivity index (χ4n) is 3.11. The highest BCUT2D eigenvalue weighted by Gasteiger charge is 2.32. The molecule has 0 heterocycles. The highest BCUT2D eigenvalue weighted by molar-refractivity contribution is 5.77. The molecule has 0 aliphatic heterocycles. The Labute approximate surface area is 126 Å². The molecule has 0 atom stereocenters. The molecular weight excluding hydrogens is 267 g/mol. The van der Waals surface area contributed by atoms with Gasteiger partial charge in [0.25, 0.3) is 0 Å². The molecule has 1 amide bonds. The lowest BCUT2D eigenvalue weighted by atomic mass is 9.79. The first-order valence-electron chi connectivity index (χ1n) is 7.84. The molecule has 0 unspecified atom stereocenters. The summed E-state index contributed by atoms with van der Waals surface area (Å²) >= 11 is 0. The Kier molecular flexibility index (Phi) is 5.74. The Balaban J connectivity index is 1.75. The van der Waals surface area contributed by atoms with Crippen LogP contribution >= 0.6 is 0 Å². The van der Waals surface area contributed by atoms with Crippen LogP contribution in [0.5, 0.6) is 0 Å². The average Bonchev–Trinajstić information content (AvgIpc) is 2.50. The maximum absolute atomic E-state index is 12.8. The van der Waals surface area contributed by atoms with Crippen molar-refractivity contribution in [1.82, 2.24) is 10.6 Å². The van der Waals surface area contributed by atoms with Crippen LogP contribution in [-0.4, -0.2) is 25.0 Å². The summed E-state index contributed by atoms with van der Waals surface area (Å²) in [5, 5.41) is 6.34. The van der Waals surface area contributed by atoms with Crippen molar-refractivity contribution in [2.75, 3.05) is 13.6 Å². The number of amides is 1. The van der Waals surface area contributed by atoms with Crippen molar-refractivity contribution in [3.05, 3.63) is 35.6 Å². The zero-order valence-electron chi connectivity index (χ0n) is 12.8. The SMILES string of the molecule is CNC1(CC(=O)NCCc2ccc(F)cc2)CCCCC1. The molecule has 1 aliphatic carbocycles. The fourth-order valence-corrected chi connectivity index (χ4v) is 3.11. The normalized spacial score (nSPS) is 17.4. The number of hydrogen-bond donors (Lipinski definition) is 2. The van der Waals surface area contributed by atoms with Crippen molar-refractivity contribution in [2.45, 2.75) is 50.5 Å². The lowest BCUT2D eigenvalue weighted by Crippen LogP contribution is -2.48. The van der Waals surface area contributed by atoms with Gasteiger partial charge in [0, 0.05) is 18.5 Å². The van der Waals surface area contributed by atoms with E-state index in [9.17, 15) is 9.18 Å². The van der Waals surface area contributed by atoms with Crippen LogP contribution in [-0.2, 0) is 11.2 Å². The molecule has 0 bridgehead atoms. The van der Waals surface area contributed by atoms with Crippen molar-refractivity contribution >= 4 is 5.91 Å². The number of hydrogen-bond acceptors (Lipinski definition) is 2. The van der Waals surface area contributed by atoms with Crippen molar-refractivity contribution in [3.63, 3.8) is 0 Å². The Bertz CT molecular complexity index is 452. The Hall–Kier alpha value is -1.42. The highest BCUT2D eigenvalue weighted by atomic mass is 19.1. The second-order valence-corrected chi connectivity index (χ2v) is 5.99. The zero-order valence-corrected chi connectivity index (χ0v) is 12.8. The van der Waals surface area contributed by atoms with Gasteiger partial charge in [-0.15, -0.1) is 0 Å². The van der Waals surface area contributed by atoms with Crippen LogP contribution in [0.4, 0.5) is 4.39 Å². The molecule has 1 saturated carbocycles. The summed E-state index contributed by atoms with van der Waals surface area (Å²) in [6, 6.07) is 6.43. The largest absolute Gasteiger partial charge is 0.356 e. The molecule has 1 aliphatic rings. The molecule has 21 heavy (non-hydrogen) atoms. The van der Waals surface area contributed by atoms with Crippen LogP contribution in [0.2, 0.25) is 0 Å². The molecule has 1 fully saturated rings. The minimum atomic E-state index is -0.226. The maximum Gasteiger partial charge on any atom is 0.221 e. The number of rotatable bonds is 6. The van der Waals surface area contributed by atoms with Gasteiger partial charge in [-0.05, 0) is 44.0 Å². The summed E-state index contributed by atoms with van der Waals surface area (Å²) in [4.78, 5) is 12.1. The topological polar surface area (TPSA) is 41.1 Å². The van der Waals surface area contributed by atoms with Gasteiger partial charge in [-0.25, -0.2) is 4.39 Å². The van der Waals surface area contributed by atoms with E-state index >= 15 is 0 Å². The van der Waals surface area contributed by atoms with Crippen LogP contribution in [0.25, 0.3) is 0 Å². The van der Waals surface area contributed by atoms with Gasteiger partial charge in [0.15, 0.2) is 0 Å². The van der Waals surface area contributed by atoms with E-state index in [4.69, 9.17) is 0 Å². The summed E-state index contributed by atoms with van der Waals surface area (Å²) in [5.74, 6) is -0.121. The van der Waals surface area contributed by atoms with Gasteiger partial charge >= 0.3 is 0 Å². The molecule has 0 spiro atoms. The van der Waals surface area contributed by atoms with Crippen LogP contribution in [0, 0.1) is 5.82 Å². The van der Waals surface area contributed by atoms with Crippen molar-refractivity contribution in [3.8, 4) is 0 Å². The number of carbonyl (C=O) groups excluding carboxylic acids is 1. The smallest absolute Gasteiger partial charge is 0.221 e. The monoisotopic (exact) mass is 292 g/mol. The third-order valence-corrected chi connectivity index (χ3v) is 4.49. The first-order valence-corrected chi connectivity index (χ1v) is 7.84. The first kappa shape index (κ1) is 16.0. The minimum absolute atomic E-state index is 0.0157. The predicted octanol–water partition coefficient (Wildman–Crippen LogP) is 2.80. The van der Waals surface area contributed by atoms with Crippen molar-refractivity contribution < 1.29 is 9.18 Å². The molecule has 0 radical (unpaired) electrons. The summed E-state index contributed by atoms with van der Waals surface area (Å²) in [5.41, 5.74) is 1.02. The van der Waals surface area contributed by atoms with E-state index in [2.05, 4.69) is 10.6 Å². The number of carbonyl (C=O) groups is 1. The molecule has 1 aromatic carbocycles. The summed E-state index contributed by atoms with van der Waals surface area (Å²) < 4.78 is 12.8. The number of nitrogens with one attached hydrogen (secondary N) is 2. The van der Waals surface area contributed by atoms with Crippen LogP contribution < -0.4 is 10.6 Å². The van der Waals surface area contributed by atoms with Crippen molar-refractivity contribution in [2.24, 2.45) is 0 Å². The summed E-state index contributed by atoms with van der Waals surface area (Å²) in [6.45, 7) is 0.601. The van der Waals surface area contributed by atoms with Crippen LogP contribution in [0.3, 0.4) is 0 Å². The van der Waals surface area contributed by atoms with Crippen LogP contribution in [0.15, 0.2) is 24.3 Å². The van der Waals surface area contributed by atoms with E-state index in [1.807, 2.05) is 7.05 Å². The van der Waals surface area contributed by atoms with E-state index in [0.29, 0.717) is 13.0 Å². The van der Waals surface area contributed by atoms with Gasteiger partial charge in [0.2, 0.25) is 5.91 Å². The quantitative estimate of drug-likeness (QED) is 0.846. The first-order chi connectivity index (χ1) is 10.1. The van der Waals surface area contributed by atoms with E-state index in [1.54, 1.807) is 12.1 Å². The van der Waals surface area contributed by atoms with Gasteiger partial charge in [-0.1, -0.05) is 31.4 Å². The Morgan fingerprint density at radius 2 is 1.86 bits per heavy atom. The summed E-state index contributed by atoms with van der Waals surface area (Å²) in [7, 11) is 1.96. The number of benzene rings is 1. The average molecular weight is 292 g/mol. The van der Waals surface area contributed by atoms with Gasteiger partial charge in [0.05, 0.1) is 0 Å². The molecule has 3 nitrogen and oxygen atoms in total. The molecule has 0 aromatic heterocycles. The minimum Gasteiger partial charge on any atom is -0.356 e. The molecule has 0 saturated heterocycles. The number of halogens is 1. The molecular formula is C17H25FN2O. The van der Waals surface area contributed by atoms with Crippen molar-refractivity contribution in [1.29, 1.82) is 0 Å². The third kappa shape index (κ3) is 4.81. The van der Waals surface area contributed by atoms with Gasteiger partial charge in [0.1, 0.15) is 5.82 Å². The molecule has 2 N–H and O–H groups in total. The van der Waals surface area contributed by atoms with E-state index in [1.165, 1.54) is 31.4 Å².